The van der Waals surface area contributed by atoms with Crippen molar-refractivity contribution >= 4 is 40.1 Å². The number of thioether (sulfide) groups is 1. The lowest BCUT2D eigenvalue weighted by molar-refractivity contribution is -0.127. The normalized spacial score (nSPS) is 19.4. The van der Waals surface area contributed by atoms with Crippen LogP contribution >= 0.6 is 11.8 Å². The second-order valence-electron chi connectivity index (χ2n) is 6.56. The summed E-state index contributed by atoms with van der Waals surface area (Å²) >= 11 is 1.29. The van der Waals surface area contributed by atoms with Crippen molar-refractivity contribution in [2.75, 3.05) is 19.2 Å². The Labute approximate surface area is 166 Å². The highest BCUT2D eigenvalue weighted by Crippen LogP contribution is 2.37. The van der Waals surface area contributed by atoms with E-state index in [0.717, 1.165) is 11.3 Å². The van der Waals surface area contributed by atoms with Crippen LogP contribution in [0.4, 0.5) is 11.4 Å². The quantitative estimate of drug-likeness (QED) is 0.856. The van der Waals surface area contributed by atoms with Crippen LogP contribution in [0.2, 0.25) is 0 Å². The minimum Gasteiger partial charge on any atom is -0.454 e. The third-order valence-corrected chi connectivity index (χ3v) is 5.62. The van der Waals surface area contributed by atoms with E-state index in [1.807, 2.05) is 31.2 Å². The molecule has 0 aliphatic carbocycles. The summed E-state index contributed by atoms with van der Waals surface area (Å²) < 4.78 is 10.7. The number of aryl methyl sites for hydroxylation is 1. The molecular weight excluding hydrogens is 378 g/mol. The van der Waals surface area contributed by atoms with Gasteiger partial charge in [0, 0.05) is 25.2 Å². The minimum atomic E-state index is -0.498. The van der Waals surface area contributed by atoms with Gasteiger partial charge in [0.05, 0.1) is 5.69 Å². The molecule has 2 aliphatic heterocycles. The van der Waals surface area contributed by atoms with E-state index < -0.39 is 5.25 Å². The standard InChI is InChI=1S/C20H19N3O4S/c1-12-4-3-5-13(8-12)21-18(24)10-17-19(25)23(2)20(28-17)22-14-6-7-15-16(9-14)27-11-26-15/h3-9,17H,10-11H2,1-2H3,(H,21,24)/t17-/m1/s1. The molecule has 1 fully saturated rings. The number of hydrogen-bond donors (Lipinski definition) is 1. The van der Waals surface area contributed by atoms with Gasteiger partial charge >= 0.3 is 0 Å². The Balaban J connectivity index is 1.44. The highest BCUT2D eigenvalue weighted by Gasteiger charge is 2.37. The Morgan fingerprint density at radius 2 is 2.07 bits per heavy atom. The molecule has 0 radical (unpaired) electrons. The lowest BCUT2D eigenvalue weighted by Crippen LogP contribution is -2.30. The van der Waals surface area contributed by atoms with Crippen molar-refractivity contribution in [3.63, 3.8) is 0 Å². The first kappa shape index (κ1) is 18.4. The smallest absolute Gasteiger partial charge is 0.242 e. The second-order valence-corrected chi connectivity index (χ2v) is 7.73. The van der Waals surface area contributed by atoms with Crippen molar-refractivity contribution in [1.29, 1.82) is 0 Å². The first-order chi connectivity index (χ1) is 13.5. The fraction of sp³-hybridized carbons (Fsp3) is 0.250. The summed E-state index contributed by atoms with van der Waals surface area (Å²) in [7, 11) is 1.67. The third kappa shape index (κ3) is 3.82. The third-order valence-electron chi connectivity index (χ3n) is 4.39. The molecule has 8 heteroatoms. The summed E-state index contributed by atoms with van der Waals surface area (Å²) in [5.74, 6) is 0.976. The number of amides is 2. The Morgan fingerprint density at radius 3 is 2.89 bits per heavy atom. The number of amidine groups is 1. The second kappa shape index (κ2) is 7.55. The average molecular weight is 397 g/mol. The molecule has 2 aliphatic rings. The summed E-state index contributed by atoms with van der Waals surface area (Å²) in [5, 5.41) is 2.90. The van der Waals surface area contributed by atoms with Gasteiger partial charge in [-0.1, -0.05) is 23.9 Å². The van der Waals surface area contributed by atoms with Gasteiger partial charge in [0.25, 0.3) is 0 Å². The largest absolute Gasteiger partial charge is 0.454 e. The molecular formula is C20H19N3O4S. The van der Waals surface area contributed by atoms with Crippen molar-refractivity contribution in [2.45, 2.75) is 18.6 Å². The molecule has 0 bridgehead atoms. The van der Waals surface area contributed by atoms with Crippen molar-refractivity contribution in [3.05, 3.63) is 48.0 Å². The van der Waals surface area contributed by atoms with Crippen molar-refractivity contribution in [1.82, 2.24) is 4.90 Å². The zero-order valence-electron chi connectivity index (χ0n) is 15.5. The molecule has 4 rings (SSSR count). The van der Waals surface area contributed by atoms with Crippen LogP contribution in [0.3, 0.4) is 0 Å². The number of rotatable bonds is 4. The number of carbonyl (C=O) groups is 2. The van der Waals surface area contributed by atoms with Crippen molar-refractivity contribution in [3.8, 4) is 11.5 Å². The van der Waals surface area contributed by atoms with Gasteiger partial charge in [0.1, 0.15) is 5.25 Å². The molecule has 0 saturated carbocycles. The van der Waals surface area contributed by atoms with E-state index in [2.05, 4.69) is 10.3 Å². The van der Waals surface area contributed by atoms with E-state index in [4.69, 9.17) is 9.47 Å². The SMILES string of the molecule is Cc1cccc(NC(=O)C[C@H]2SC(=Nc3ccc4c(c3)OCO4)N(C)C2=O)c1. The number of nitrogens with zero attached hydrogens (tertiary/aromatic N) is 2. The van der Waals surface area contributed by atoms with Gasteiger partial charge in [-0.3, -0.25) is 14.5 Å². The number of carbonyl (C=O) groups excluding carboxylic acids is 2. The molecule has 7 nitrogen and oxygen atoms in total. The summed E-state index contributed by atoms with van der Waals surface area (Å²) in [6.45, 7) is 2.15. The highest BCUT2D eigenvalue weighted by atomic mass is 32.2. The number of hydrogen-bond acceptors (Lipinski definition) is 6. The van der Waals surface area contributed by atoms with Gasteiger partial charge in [-0.2, -0.15) is 0 Å². The van der Waals surface area contributed by atoms with Gasteiger partial charge in [-0.05, 0) is 36.8 Å². The molecule has 2 amide bonds. The van der Waals surface area contributed by atoms with Gasteiger partial charge in [0.2, 0.25) is 18.6 Å². The van der Waals surface area contributed by atoms with Crippen LogP contribution in [0.1, 0.15) is 12.0 Å². The lowest BCUT2D eigenvalue weighted by atomic mass is 10.2. The van der Waals surface area contributed by atoms with Crippen LogP contribution in [-0.2, 0) is 9.59 Å². The van der Waals surface area contributed by atoms with Crippen LogP contribution in [0.5, 0.6) is 11.5 Å². The van der Waals surface area contributed by atoms with E-state index in [9.17, 15) is 9.59 Å². The van der Waals surface area contributed by atoms with Gasteiger partial charge in [-0.25, -0.2) is 4.99 Å². The summed E-state index contributed by atoms with van der Waals surface area (Å²) in [4.78, 5) is 30.9. The van der Waals surface area contributed by atoms with Crippen LogP contribution in [0.25, 0.3) is 0 Å². The monoisotopic (exact) mass is 397 g/mol. The molecule has 28 heavy (non-hydrogen) atoms. The maximum atomic E-state index is 12.5. The molecule has 2 heterocycles. The fourth-order valence-corrected chi connectivity index (χ4v) is 4.12. The number of nitrogens with one attached hydrogen (secondary N) is 1. The molecule has 1 N–H and O–H groups in total. The molecule has 144 valence electrons. The topological polar surface area (TPSA) is 80.2 Å². The number of benzene rings is 2. The van der Waals surface area contributed by atoms with E-state index in [0.29, 0.717) is 22.4 Å². The molecule has 1 atom stereocenters. The number of ether oxygens (including phenoxy) is 2. The van der Waals surface area contributed by atoms with E-state index >= 15 is 0 Å². The Morgan fingerprint density at radius 1 is 1.25 bits per heavy atom. The summed E-state index contributed by atoms with van der Waals surface area (Å²) in [5.41, 5.74) is 2.45. The number of fused-ring (bicyclic) bond motifs is 1. The molecule has 0 unspecified atom stereocenters. The lowest BCUT2D eigenvalue weighted by Gasteiger charge is -2.09. The first-order valence-electron chi connectivity index (χ1n) is 8.79. The maximum Gasteiger partial charge on any atom is 0.242 e. The van der Waals surface area contributed by atoms with E-state index in [-0.39, 0.29) is 25.0 Å². The Hall–Kier alpha value is -3.00. The predicted octanol–water partition coefficient (Wildman–Crippen LogP) is 3.31. The average Bonchev–Trinajstić information content (AvgIpc) is 3.22. The van der Waals surface area contributed by atoms with E-state index in [1.54, 1.807) is 25.2 Å². The summed E-state index contributed by atoms with van der Waals surface area (Å²) in [6, 6.07) is 12.9. The van der Waals surface area contributed by atoms with Gasteiger partial charge < -0.3 is 14.8 Å². The fourth-order valence-electron chi connectivity index (χ4n) is 2.97. The highest BCUT2D eigenvalue weighted by molar-refractivity contribution is 8.15. The van der Waals surface area contributed by atoms with Crippen molar-refractivity contribution < 1.29 is 19.1 Å². The molecule has 0 aromatic heterocycles. The molecule has 0 spiro atoms. The van der Waals surface area contributed by atoms with Crippen LogP contribution < -0.4 is 14.8 Å². The molecule has 1 saturated heterocycles. The Bertz CT molecular complexity index is 976. The number of anilines is 1. The zero-order chi connectivity index (χ0) is 19.7. The number of aliphatic imine (C=N–C) groups is 1. The molecule has 2 aromatic carbocycles. The maximum absolute atomic E-state index is 12.5. The van der Waals surface area contributed by atoms with Crippen LogP contribution in [0, 0.1) is 6.92 Å². The van der Waals surface area contributed by atoms with E-state index in [1.165, 1.54) is 16.7 Å². The van der Waals surface area contributed by atoms with Crippen molar-refractivity contribution in [2.24, 2.45) is 4.99 Å². The van der Waals surface area contributed by atoms with Crippen LogP contribution in [0.15, 0.2) is 47.5 Å². The van der Waals surface area contributed by atoms with Gasteiger partial charge in [0.15, 0.2) is 16.7 Å². The van der Waals surface area contributed by atoms with Gasteiger partial charge in [-0.15, -0.1) is 0 Å². The predicted molar refractivity (Wildman–Crippen MR) is 108 cm³/mol. The first-order valence-corrected chi connectivity index (χ1v) is 9.66. The molecule has 2 aromatic rings. The zero-order valence-corrected chi connectivity index (χ0v) is 16.3. The Kier molecular flexibility index (Phi) is 4.95. The van der Waals surface area contributed by atoms with Crippen LogP contribution in [-0.4, -0.2) is 41.0 Å². The summed E-state index contributed by atoms with van der Waals surface area (Å²) in [6.07, 6.45) is 0.0853. The minimum absolute atomic E-state index is 0.0853.